The third kappa shape index (κ3) is 2.69. The van der Waals surface area contributed by atoms with Crippen LogP contribution in [0.1, 0.15) is 37.7 Å². The zero-order chi connectivity index (χ0) is 15.0. The first-order valence-electron chi connectivity index (χ1n) is 7.09. The van der Waals surface area contributed by atoms with Crippen LogP contribution < -0.4 is 5.32 Å². The lowest BCUT2D eigenvalue weighted by molar-refractivity contribution is -0.132. The van der Waals surface area contributed by atoms with Crippen LogP contribution in [0.4, 0.5) is 9.18 Å². The third-order valence-corrected chi connectivity index (χ3v) is 4.67. The molecule has 3 rings (SSSR count). The second-order valence-corrected chi connectivity index (χ2v) is 6.66. The summed E-state index contributed by atoms with van der Waals surface area (Å²) in [5.74, 6) is -0.564. The predicted molar refractivity (Wildman–Crippen MR) is 79.0 cm³/mol. The molecule has 3 amide bonds. The molecule has 4 nitrogen and oxygen atoms in total. The zero-order valence-corrected chi connectivity index (χ0v) is 13.1. The van der Waals surface area contributed by atoms with Crippen LogP contribution in [-0.4, -0.2) is 22.4 Å². The Bertz CT molecular complexity index is 579. The fourth-order valence-electron chi connectivity index (χ4n) is 3.20. The topological polar surface area (TPSA) is 49.4 Å². The Balaban J connectivity index is 1.82. The molecule has 1 saturated carbocycles. The summed E-state index contributed by atoms with van der Waals surface area (Å²) in [4.78, 5) is 25.9. The summed E-state index contributed by atoms with van der Waals surface area (Å²) in [5.41, 5.74) is -0.127. The van der Waals surface area contributed by atoms with E-state index in [4.69, 9.17) is 0 Å². The Morgan fingerprint density at radius 3 is 2.57 bits per heavy atom. The van der Waals surface area contributed by atoms with Gasteiger partial charge in [0.25, 0.3) is 5.91 Å². The minimum Gasteiger partial charge on any atom is -0.323 e. The van der Waals surface area contributed by atoms with Crippen molar-refractivity contribution >= 4 is 27.9 Å². The van der Waals surface area contributed by atoms with Gasteiger partial charge in [0, 0.05) is 4.47 Å². The molecule has 2 fully saturated rings. The van der Waals surface area contributed by atoms with E-state index in [1.165, 1.54) is 17.0 Å². The van der Waals surface area contributed by atoms with Gasteiger partial charge in [-0.2, -0.15) is 0 Å². The van der Waals surface area contributed by atoms with E-state index < -0.39 is 5.54 Å². The molecule has 1 aromatic carbocycles. The second kappa shape index (κ2) is 5.40. The Morgan fingerprint density at radius 1 is 1.19 bits per heavy atom. The summed E-state index contributed by atoms with van der Waals surface area (Å²) in [6, 6.07) is 4.03. The number of halogens is 2. The van der Waals surface area contributed by atoms with Gasteiger partial charge in [-0.1, -0.05) is 35.2 Å². The summed E-state index contributed by atoms with van der Waals surface area (Å²) in [7, 11) is 0. The van der Waals surface area contributed by atoms with E-state index in [-0.39, 0.29) is 24.3 Å². The van der Waals surface area contributed by atoms with Crippen LogP contribution in [0.5, 0.6) is 0 Å². The summed E-state index contributed by atoms with van der Waals surface area (Å²) >= 11 is 3.22. The normalized spacial score (nSPS) is 21.0. The number of rotatable bonds is 2. The molecule has 0 aromatic heterocycles. The Morgan fingerprint density at radius 2 is 1.90 bits per heavy atom. The lowest BCUT2D eigenvalue weighted by atomic mass is 9.82. The number of hydrogen-bond acceptors (Lipinski definition) is 2. The number of amides is 3. The molecule has 0 atom stereocenters. The highest BCUT2D eigenvalue weighted by molar-refractivity contribution is 9.10. The molecule has 1 aliphatic heterocycles. The van der Waals surface area contributed by atoms with Gasteiger partial charge in [-0.3, -0.25) is 9.69 Å². The molecule has 1 saturated heterocycles. The standard InChI is InChI=1S/C15H16BrFN2O2/c16-11-6-10(7-12(17)8-11)9-19-13(20)15(18-14(19)21)4-2-1-3-5-15/h6-8H,1-5,9H2,(H,18,21). The second-order valence-electron chi connectivity index (χ2n) is 5.74. The molecule has 1 N–H and O–H groups in total. The smallest absolute Gasteiger partial charge is 0.323 e. The summed E-state index contributed by atoms with van der Waals surface area (Å²) in [6.45, 7) is 0.1000. The molecule has 21 heavy (non-hydrogen) atoms. The maximum atomic E-state index is 13.4. The molecule has 1 spiro atoms. The van der Waals surface area contributed by atoms with E-state index in [9.17, 15) is 14.0 Å². The molecule has 1 heterocycles. The highest BCUT2D eigenvalue weighted by Gasteiger charge is 2.51. The molecule has 112 valence electrons. The van der Waals surface area contributed by atoms with Crippen LogP contribution in [0.25, 0.3) is 0 Å². The first-order valence-corrected chi connectivity index (χ1v) is 7.89. The Labute approximate surface area is 130 Å². The van der Waals surface area contributed by atoms with Crippen molar-refractivity contribution in [3.8, 4) is 0 Å². The van der Waals surface area contributed by atoms with Crippen LogP contribution in [0.2, 0.25) is 0 Å². The van der Waals surface area contributed by atoms with Crippen molar-refractivity contribution < 1.29 is 14.0 Å². The minimum atomic E-state index is -0.722. The number of carbonyl (C=O) groups is 2. The SMILES string of the molecule is O=C1NC2(CCCCC2)C(=O)N1Cc1cc(F)cc(Br)c1. The molecular weight excluding hydrogens is 339 g/mol. The van der Waals surface area contributed by atoms with E-state index in [0.717, 1.165) is 19.3 Å². The van der Waals surface area contributed by atoms with E-state index in [1.807, 2.05) is 0 Å². The highest BCUT2D eigenvalue weighted by atomic mass is 79.9. The minimum absolute atomic E-state index is 0.1000. The number of urea groups is 1. The average molecular weight is 355 g/mol. The van der Waals surface area contributed by atoms with Crippen molar-refractivity contribution in [2.75, 3.05) is 0 Å². The van der Waals surface area contributed by atoms with Gasteiger partial charge in [-0.25, -0.2) is 9.18 Å². The maximum Gasteiger partial charge on any atom is 0.325 e. The molecular formula is C15H16BrFN2O2. The van der Waals surface area contributed by atoms with Crippen LogP contribution in [-0.2, 0) is 11.3 Å². The van der Waals surface area contributed by atoms with Crippen LogP contribution in [0.15, 0.2) is 22.7 Å². The van der Waals surface area contributed by atoms with Gasteiger partial charge in [0.1, 0.15) is 11.4 Å². The number of hydrogen-bond donors (Lipinski definition) is 1. The van der Waals surface area contributed by atoms with Crippen molar-refractivity contribution in [3.05, 3.63) is 34.1 Å². The van der Waals surface area contributed by atoms with Gasteiger partial charge in [0.15, 0.2) is 0 Å². The zero-order valence-electron chi connectivity index (χ0n) is 11.5. The molecule has 1 aromatic rings. The van der Waals surface area contributed by atoms with Crippen molar-refractivity contribution in [2.24, 2.45) is 0 Å². The Hall–Kier alpha value is -1.43. The number of imide groups is 1. The highest BCUT2D eigenvalue weighted by Crippen LogP contribution is 2.34. The lowest BCUT2D eigenvalue weighted by Gasteiger charge is -2.30. The van der Waals surface area contributed by atoms with E-state index in [2.05, 4.69) is 21.2 Å². The average Bonchev–Trinajstić information content (AvgIpc) is 2.63. The number of carbonyl (C=O) groups excluding carboxylic acids is 2. The largest absolute Gasteiger partial charge is 0.325 e. The van der Waals surface area contributed by atoms with Crippen LogP contribution in [0.3, 0.4) is 0 Å². The summed E-state index contributed by atoms with van der Waals surface area (Å²) in [5, 5.41) is 2.85. The van der Waals surface area contributed by atoms with Gasteiger partial charge in [0.05, 0.1) is 6.54 Å². The maximum absolute atomic E-state index is 13.4. The monoisotopic (exact) mass is 354 g/mol. The van der Waals surface area contributed by atoms with Crippen LogP contribution in [0, 0.1) is 5.82 Å². The van der Waals surface area contributed by atoms with Crippen molar-refractivity contribution in [1.82, 2.24) is 10.2 Å². The first kappa shape index (κ1) is 14.5. The van der Waals surface area contributed by atoms with Gasteiger partial charge < -0.3 is 5.32 Å². The summed E-state index contributed by atoms with van der Waals surface area (Å²) < 4.78 is 14.0. The van der Waals surface area contributed by atoms with Crippen LogP contribution >= 0.6 is 15.9 Å². The van der Waals surface area contributed by atoms with Crippen molar-refractivity contribution in [2.45, 2.75) is 44.2 Å². The van der Waals surface area contributed by atoms with E-state index in [0.29, 0.717) is 22.9 Å². The first-order chi connectivity index (χ1) is 10.00. The molecule has 0 unspecified atom stereocenters. The molecule has 0 bridgehead atoms. The van der Waals surface area contributed by atoms with Gasteiger partial charge >= 0.3 is 6.03 Å². The fourth-order valence-corrected chi connectivity index (χ4v) is 3.71. The third-order valence-electron chi connectivity index (χ3n) is 4.22. The van der Waals surface area contributed by atoms with Crippen molar-refractivity contribution in [3.63, 3.8) is 0 Å². The lowest BCUT2D eigenvalue weighted by Crippen LogP contribution is -2.48. The predicted octanol–water partition coefficient (Wildman–Crippen LogP) is 3.34. The Kier molecular flexibility index (Phi) is 3.73. The van der Waals surface area contributed by atoms with Gasteiger partial charge in [-0.15, -0.1) is 0 Å². The number of nitrogens with one attached hydrogen (secondary N) is 1. The van der Waals surface area contributed by atoms with Crippen molar-refractivity contribution in [1.29, 1.82) is 0 Å². The summed E-state index contributed by atoms with van der Waals surface area (Å²) in [6.07, 6.45) is 4.39. The fraction of sp³-hybridized carbons (Fsp3) is 0.467. The quantitative estimate of drug-likeness (QED) is 0.828. The van der Waals surface area contributed by atoms with E-state index in [1.54, 1.807) is 6.07 Å². The van der Waals surface area contributed by atoms with Gasteiger partial charge in [-0.05, 0) is 36.6 Å². The number of nitrogens with zero attached hydrogens (tertiary/aromatic N) is 1. The van der Waals surface area contributed by atoms with Gasteiger partial charge in [0.2, 0.25) is 0 Å². The molecule has 2 aliphatic rings. The molecule has 0 radical (unpaired) electrons. The van der Waals surface area contributed by atoms with E-state index >= 15 is 0 Å². The number of benzene rings is 1. The molecule has 6 heteroatoms. The molecule has 1 aliphatic carbocycles.